The molecule has 0 N–H and O–H groups in total. The van der Waals surface area contributed by atoms with Crippen molar-refractivity contribution in [2.75, 3.05) is 13.7 Å². The van der Waals surface area contributed by atoms with Gasteiger partial charge in [0.1, 0.15) is 0 Å². The van der Waals surface area contributed by atoms with Gasteiger partial charge in [0, 0.05) is 18.5 Å². The van der Waals surface area contributed by atoms with Crippen LogP contribution in [0.5, 0.6) is 0 Å². The fourth-order valence-electron chi connectivity index (χ4n) is 1.68. The third-order valence-electron chi connectivity index (χ3n) is 2.47. The summed E-state index contributed by atoms with van der Waals surface area (Å²) in [6, 6.07) is 0. The number of likely N-dealkylation sites (tertiary alicyclic amines) is 1. The summed E-state index contributed by atoms with van der Waals surface area (Å²) in [4.78, 5) is 24.5. The molecule has 1 fully saturated rings. The molecule has 0 saturated carbocycles. The number of methoxy groups -OCH3 is 1. The summed E-state index contributed by atoms with van der Waals surface area (Å²) in [6.07, 6.45) is 0.282. The van der Waals surface area contributed by atoms with Crippen LogP contribution in [0.15, 0.2) is 0 Å². The lowest BCUT2D eigenvalue weighted by molar-refractivity contribution is -0.145. The van der Waals surface area contributed by atoms with Gasteiger partial charge in [-0.2, -0.15) is 0 Å². The molecule has 1 heterocycles. The van der Waals surface area contributed by atoms with Crippen molar-refractivity contribution in [1.29, 1.82) is 0 Å². The molecule has 1 rings (SSSR count). The van der Waals surface area contributed by atoms with Crippen LogP contribution in [0, 0.1) is 5.92 Å². The molecule has 0 unspecified atom stereocenters. The number of hydrogen-bond donors (Lipinski definition) is 0. The number of esters is 1. The fraction of sp³-hybridized carbons (Fsp3) is 0.800. The second-order valence-electron chi connectivity index (χ2n) is 4.60. The molecule has 1 saturated heterocycles. The highest BCUT2D eigenvalue weighted by Crippen LogP contribution is 2.26. The van der Waals surface area contributed by atoms with Gasteiger partial charge in [-0.05, 0) is 20.8 Å². The molecule has 0 radical (unpaired) electrons. The molecule has 1 aliphatic rings. The van der Waals surface area contributed by atoms with E-state index in [1.807, 2.05) is 20.8 Å². The van der Waals surface area contributed by atoms with E-state index < -0.39 is 0 Å². The zero-order valence-corrected chi connectivity index (χ0v) is 9.16. The number of amides is 1. The molecule has 1 atom stereocenters. The quantitative estimate of drug-likeness (QED) is 0.587. The van der Waals surface area contributed by atoms with Gasteiger partial charge < -0.3 is 9.64 Å². The van der Waals surface area contributed by atoms with Gasteiger partial charge >= 0.3 is 5.97 Å². The minimum absolute atomic E-state index is 0.0351. The van der Waals surface area contributed by atoms with Crippen molar-refractivity contribution < 1.29 is 14.3 Å². The van der Waals surface area contributed by atoms with Crippen molar-refractivity contribution in [3.8, 4) is 0 Å². The second kappa shape index (κ2) is 3.59. The molecular weight excluding hydrogens is 182 g/mol. The Balaban J connectivity index is 2.70. The number of rotatable bonds is 1. The summed E-state index contributed by atoms with van der Waals surface area (Å²) in [5.74, 6) is -0.537. The van der Waals surface area contributed by atoms with E-state index in [1.165, 1.54) is 7.11 Å². The van der Waals surface area contributed by atoms with Gasteiger partial charge in [-0.1, -0.05) is 0 Å². The van der Waals surface area contributed by atoms with E-state index in [1.54, 1.807) is 4.90 Å². The van der Waals surface area contributed by atoms with Gasteiger partial charge in [0.2, 0.25) is 5.91 Å². The van der Waals surface area contributed by atoms with Crippen LogP contribution in [0.25, 0.3) is 0 Å². The van der Waals surface area contributed by atoms with Crippen LogP contribution in [-0.4, -0.2) is 36.0 Å². The summed E-state index contributed by atoms with van der Waals surface area (Å²) in [5.41, 5.74) is -0.208. The first-order valence-electron chi connectivity index (χ1n) is 4.74. The number of ether oxygens (including phenoxy) is 1. The minimum Gasteiger partial charge on any atom is -0.469 e. The molecule has 0 aromatic carbocycles. The van der Waals surface area contributed by atoms with E-state index in [4.69, 9.17) is 0 Å². The normalized spacial score (nSPS) is 22.7. The van der Waals surface area contributed by atoms with Gasteiger partial charge in [-0.15, -0.1) is 0 Å². The molecule has 0 spiro atoms. The Hall–Kier alpha value is -1.06. The van der Waals surface area contributed by atoms with Gasteiger partial charge in [0.15, 0.2) is 0 Å². The Bertz CT molecular complexity index is 255. The predicted molar refractivity (Wildman–Crippen MR) is 51.6 cm³/mol. The zero-order valence-electron chi connectivity index (χ0n) is 9.16. The summed E-state index contributed by atoms with van der Waals surface area (Å²) >= 11 is 0. The maximum Gasteiger partial charge on any atom is 0.310 e. The van der Waals surface area contributed by atoms with Gasteiger partial charge in [-0.25, -0.2) is 0 Å². The van der Waals surface area contributed by atoms with Crippen LogP contribution < -0.4 is 0 Å². The van der Waals surface area contributed by atoms with Crippen molar-refractivity contribution in [2.24, 2.45) is 5.92 Å². The number of carbonyl (C=O) groups excluding carboxylic acids is 2. The lowest BCUT2D eigenvalue weighted by atomic mass is 10.1. The Morgan fingerprint density at radius 1 is 1.50 bits per heavy atom. The molecule has 1 amide bonds. The molecule has 4 nitrogen and oxygen atoms in total. The molecule has 0 aromatic heterocycles. The first-order chi connectivity index (χ1) is 6.36. The van der Waals surface area contributed by atoms with Crippen LogP contribution >= 0.6 is 0 Å². The summed E-state index contributed by atoms with van der Waals surface area (Å²) < 4.78 is 4.63. The lowest BCUT2D eigenvalue weighted by Crippen LogP contribution is -2.42. The largest absolute Gasteiger partial charge is 0.469 e. The third kappa shape index (κ3) is 2.05. The van der Waals surface area contributed by atoms with Crippen molar-refractivity contribution in [3.05, 3.63) is 0 Å². The highest BCUT2D eigenvalue weighted by Gasteiger charge is 2.39. The average Bonchev–Trinajstić information content (AvgIpc) is 2.45. The van der Waals surface area contributed by atoms with Crippen molar-refractivity contribution in [3.63, 3.8) is 0 Å². The van der Waals surface area contributed by atoms with E-state index >= 15 is 0 Å². The SMILES string of the molecule is COC(=O)[C@H]1CC(=O)N(C(C)(C)C)C1. The van der Waals surface area contributed by atoms with Gasteiger partial charge in [-0.3, -0.25) is 9.59 Å². The fourth-order valence-corrected chi connectivity index (χ4v) is 1.68. The van der Waals surface area contributed by atoms with E-state index in [9.17, 15) is 9.59 Å². The lowest BCUT2D eigenvalue weighted by Gasteiger charge is -2.31. The molecule has 0 bridgehead atoms. The molecular formula is C10H17NO3. The molecule has 0 aliphatic carbocycles. The molecule has 0 aromatic rings. The molecule has 80 valence electrons. The van der Waals surface area contributed by atoms with Gasteiger partial charge in [0.25, 0.3) is 0 Å². The standard InChI is InChI=1S/C10H17NO3/c1-10(2,3)11-6-7(5-8(11)12)9(13)14-4/h7H,5-6H2,1-4H3/t7-/m0/s1. The Morgan fingerprint density at radius 2 is 2.07 bits per heavy atom. The average molecular weight is 199 g/mol. The van der Waals surface area contributed by atoms with E-state index in [0.717, 1.165) is 0 Å². The predicted octanol–water partition coefficient (Wildman–Crippen LogP) is 0.806. The number of nitrogens with zero attached hydrogens (tertiary/aromatic N) is 1. The van der Waals surface area contributed by atoms with E-state index in [2.05, 4.69) is 4.74 Å². The zero-order chi connectivity index (χ0) is 10.9. The Morgan fingerprint density at radius 3 is 2.43 bits per heavy atom. The highest BCUT2D eigenvalue weighted by atomic mass is 16.5. The van der Waals surface area contributed by atoms with Crippen molar-refractivity contribution >= 4 is 11.9 Å². The van der Waals surface area contributed by atoms with E-state index in [-0.39, 0.29) is 29.8 Å². The van der Waals surface area contributed by atoms with Gasteiger partial charge in [0.05, 0.1) is 13.0 Å². The summed E-state index contributed by atoms with van der Waals surface area (Å²) in [5, 5.41) is 0. The monoisotopic (exact) mass is 199 g/mol. The molecule has 1 aliphatic heterocycles. The third-order valence-corrected chi connectivity index (χ3v) is 2.47. The minimum atomic E-state index is -0.287. The highest BCUT2D eigenvalue weighted by molar-refractivity contribution is 5.87. The Labute approximate surface area is 84.2 Å². The molecule has 4 heteroatoms. The van der Waals surface area contributed by atoms with Crippen LogP contribution in [0.3, 0.4) is 0 Å². The van der Waals surface area contributed by atoms with Crippen LogP contribution in [0.4, 0.5) is 0 Å². The van der Waals surface area contributed by atoms with E-state index in [0.29, 0.717) is 6.54 Å². The van der Waals surface area contributed by atoms with Crippen molar-refractivity contribution in [2.45, 2.75) is 32.7 Å². The maximum atomic E-state index is 11.6. The smallest absolute Gasteiger partial charge is 0.310 e. The topological polar surface area (TPSA) is 46.6 Å². The number of carbonyl (C=O) groups is 2. The second-order valence-corrected chi connectivity index (χ2v) is 4.60. The summed E-state index contributed by atoms with van der Waals surface area (Å²) in [6.45, 7) is 6.37. The van der Waals surface area contributed by atoms with Crippen LogP contribution in [0.1, 0.15) is 27.2 Å². The van der Waals surface area contributed by atoms with Crippen LogP contribution in [-0.2, 0) is 14.3 Å². The number of hydrogen-bond acceptors (Lipinski definition) is 3. The maximum absolute atomic E-state index is 11.6. The van der Waals surface area contributed by atoms with Crippen molar-refractivity contribution in [1.82, 2.24) is 4.90 Å². The molecule has 14 heavy (non-hydrogen) atoms. The Kier molecular flexibility index (Phi) is 2.83. The first-order valence-corrected chi connectivity index (χ1v) is 4.74. The summed E-state index contributed by atoms with van der Waals surface area (Å²) in [7, 11) is 1.35. The first kappa shape index (κ1) is 11.0. The van der Waals surface area contributed by atoms with Crippen LogP contribution in [0.2, 0.25) is 0 Å².